The summed E-state index contributed by atoms with van der Waals surface area (Å²) in [6.45, 7) is 6.50. The SMILES string of the molecule is Cc1nn(Cc2ccccc2)c(Cl)c1/C=C/C(=O)Nc1nnc(C(C)C)s1. The molecule has 0 radical (unpaired) electrons. The molecule has 0 aliphatic rings. The maximum absolute atomic E-state index is 12.2. The predicted molar refractivity (Wildman–Crippen MR) is 109 cm³/mol. The van der Waals surface area contributed by atoms with Crippen LogP contribution in [0.3, 0.4) is 0 Å². The molecule has 1 N–H and O–H groups in total. The first-order chi connectivity index (χ1) is 12.9. The van der Waals surface area contributed by atoms with Crippen LogP contribution in [-0.4, -0.2) is 25.9 Å². The van der Waals surface area contributed by atoms with E-state index in [1.807, 2.05) is 51.1 Å². The van der Waals surface area contributed by atoms with Gasteiger partial charge in [0, 0.05) is 17.6 Å². The summed E-state index contributed by atoms with van der Waals surface area (Å²) < 4.78 is 1.73. The van der Waals surface area contributed by atoms with Gasteiger partial charge in [-0.2, -0.15) is 5.10 Å². The Balaban J connectivity index is 1.70. The number of nitrogens with one attached hydrogen (secondary N) is 1. The summed E-state index contributed by atoms with van der Waals surface area (Å²) in [5, 5.41) is 17.1. The van der Waals surface area contributed by atoms with Crippen molar-refractivity contribution in [1.82, 2.24) is 20.0 Å². The number of rotatable bonds is 6. The summed E-state index contributed by atoms with van der Waals surface area (Å²) in [5.41, 5.74) is 2.59. The normalized spacial score (nSPS) is 11.4. The lowest BCUT2D eigenvalue weighted by atomic mass is 10.2. The molecule has 0 bridgehead atoms. The summed E-state index contributed by atoms with van der Waals surface area (Å²) >= 11 is 7.83. The van der Waals surface area contributed by atoms with Gasteiger partial charge >= 0.3 is 0 Å². The number of carbonyl (C=O) groups is 1. The van der Waals surface area contributed by atoms with Crippen LogP contribution in [0.25, 0.3) is 6.08 Å². The first kappa shape index (κ1) is 19.3. The van der Waals surface area contributed by atoms with Crippen LogP contribution in [0.15, 0.2) is 36.4 Å². The van der Waals surface area contributed by atoms with Gasteiger partial charge in [-0.05, 0) is 18.6 Å². The van der Waals surface area contributed by atoms with Crippen LogP contribution in [0.1, 0.15) is 41.6 Å². The first-order valence-corrected chi connectivity index (χ1v) is 9.72. The van der Waals surface area contributed by atoms with Crippen molar-refractivity contribution in [1.29, 1.82) is 0 Å². The molecule has 0 spiro atoms. The minimum atomic E-state index is -0.285. The van der Waals surface area contributed by atoms with Gasteiger partial charge in [-0.25, -0.2) is 4.68 Å². The molecule has 6 nitrogen and oxygen atoms in total. The van der Waals surface area contributed by atoms with Crippen molar-refractivity contribution in [2.45, 2.75) is 33.2 Å². The van der Waals surface area contributed by atoms with Crippen LogP contribution >= 0.6 is 22.9 Å². The molecule has 0 saturated carbocycles. The van der Waals surface area contributed by atoms with Crippen molar-refractivity contribution in [2.75, 3.05) is 5.32 Å². The number of aryl methyl sites for hydroxylation is 1. The largest absolute Gasteiger partial charge is 0.297 e. The number of hydrogen-bond acceptors (Lipinski definition) is 5. The zero-order valence-electron chi connectivity index (χ0n) is 15.3. The van der Waals surface area contributed by atoms with Crippen LogP contribution in [0.4, 0.5) is 5.13 Å². The van der Waals surface area contributed by atoms with E-state index >= 15 is 0 Å². The Labute approximate surface area is 166 Å². The highest BCUT2D eigenvalue weighted by Gasteiger charge is 2.13. The molecule has 140 valence electrons. The van der Waals surface area contributed by atoms with Gasteiger partial charge in [0.15, 0.2) is 0 Å². The summed E-state index contributed by atoms with van der Waals surface area (Å²) in [7, 11) is 0. The first-order valence-electron chi connectivity index (χ1n) is 8.53. The Morgan fingerprint density at radius 2 is 2.04 bits per heavy atom. The molecular weight excluding hydrogens is 382 g/mol. The molecule has 0 unspecified atom stereocenters. The fourth-order valence-corrected chi connectivity index (χ4v) is 3.49. The fraction of sp³-hybridized carbons (Fsp3) is 0.263. The molecule has 2 aromatic heterocycles. The molecule has 2 heterocycles. The lowest BCUT2D eigenvalue weighted by Crippen LogP contribution is -2.07. The molecule has 3 aromatic rings. The van der Waals surface area contributed by atoms with Gasteiger partial charge in [0.25, 0.3) is 0 Å². The third-order valence-corrected chi connectivity index (χ3v) is 5.39. The summed E-state index contributed by atoms with van der Waals surface area (Å²) in [5.74, 6) is -0.00617. The highest BCUT2D eigenvalue weighted by atomic mass is 35.5. The third-order valence-electron chi connectivity index (χ3n) is 3.85. The van der Waals surface area contributed by atoms with E-state index in [0.717, 1.165) is 21.8 Å². The van der Waals surface area contributed by atoms with Crippen molar-refractivity contribution in [3.63, 3.8) is 0 Å². The van der Waals surface area contributed by atoms with Crippen LogP contribution in [-0.2, 0) is 11.3 Å². The molecule has 1 aromatic carbocycles. The zero-order chi connectivity index (χ0) is 19.4. The van der Waals surface area contributed by atoms with Crippen molar-refractivity contribution < 1.29 is 4.79 Å². The van der Waals surface area contributed by atoms with Gasteiger partial charge in [-0.3, -0.25) is 10.1 Å². The Kier molecular flexibility index (Phi) is 6.03. The fourth-order valence-electron chi connectivity index (χ4n) is 2.44. The maximum Gasteiger partial charge on any atom is 0.250 e. The summed E-state index contributed by atoms with van der Waals surface area (Å²) in [4.78, 5) is 12.2. The number of nitrogens with zero attached hydrogens (tertiary/aromatic N) is 4. The van der Waals surface area contributed by atoms with E-state index in [-0.39, 0.29) is 11.8 Å². The number of amides is 1. The van der Waals surface area contributed by atoms with E-state index in [9.17, 15) is 4.79 Å². The zero-order valence-corrected chi connectivity index (χ0v) is 16.9. The van der Waals surface area contributed by atoms with E-state index in [2.05, 4.69) is 20.6 Å². The lowest BCUT2D eigenvalue weighted by molar-refractivity contribution is -0.111. The average molecular weight is 402 g/mol. The van der Waals surface area contributed by atoms with Crippen LogP contribution in [0.2, 0.25) is 5.15 Å². The van der Waals surface area contributed by atoms with E-state index in [4.69, 9.17) is 11.6 Å². The van der Waals surface area contributed by atoms with Crippen LogP contribution < -0.4 is 5.32 Å². The molecule has 0 saturated heterocycles. The van der Waals surface area contributed by atoms with Gasteiger partial charge < -0.3 is 0 Å². The van der Waals surface area contributed by atoms with E-state index in [1.54, 1.807) is 10.8 Å². The van der Waals surface area contributed by atoms with Gasteiger partial charge in [0.1, 0.15) is 10.2 Å². The molecule has 1 amide bonds. The van der Waals surface area contributed by atoms with Crippen molar-refractivity contribution >= 4 is 40.1 Å². The van der Waals surface area contributed by atoms with Crippen molar-refractivity contribution in [2.24, 2.45) is 0 Å². The third kappa shape index (κ3) is 4.81. The lowest BCUT2D eigenvalue weighted by Gasteiger charge is -2.03. The van der Waals surface area contributed by atoms with Crippen LogP contribution in [0, 0.1) is 6.92 Å². The van der Waals surface area contributed by atoms with E-state index < -0.39 is 0 Å². The number of hydrogen-bond donors (Lipinski definition) is 1. The standard InChI is InChI=1S/C19H20ClN5OS/c1-12(2)18-22-23-19(27-18)21-16(26)10-9-15-13(3)24-25(17(15)20)11-14-7-5-4-6-8-14/h4-10,12H,11H2,1-3H3,(H,21,23,26)/b10-9+. The second kappa shape index (κ2) is 8.45. The van der Waals surface area contributed by atoms with Gasteiger partial charge in [0.05, 0.1) is 12.2 Å². The second-order valence-electron chi connectivity index (χ2n) is 6.36. The number of halogens is 1. The molecule has 0 aliphatic heterocycles. The Hall–Kier alpha value is -2.51. The van der Waals surface area contributed by atoms with Gasteiger partial charge in [-0.15, -0.1) is 10.2 Å². The molecular formula is C19H20ClN5OS. The average Bonchev–Trinajstić information content (AvgIpc) is 3.20. The number of aromatic nitrogens is 4. The van der Waals surface area contributed by atoms with E-state index in [1.165, 1.54) is 17.4 Å². The second-order valence-corrected chi connectivity index (χ2v) is 7.72. The minimum absolute atomic E-state index is 0.278. The minimum Gasteiger partial charge on any atom is -0.297 e. The Morgan fingerprint density at radius 1 is 1.30 bits per heavy atom. The number of anilines is 1. The highest BCUT2D eigenvalue weighted by molar-refractivity contribution is 7.15. The summed E-state index contributed by atoms with van der Waals surface area (Å²) in [6.07, 6.45) is 3.10. The quantitative estimate of drug-likeness (QED) is 0.616. The van der Waals surface area contributed by atoms with E-state index in [0.29, 0.717) is 16.8 Å². The maximum atomic E-state index is 12.2. The molecule has 0 aliphatic carbocycles. The monoisotopic (exact) mass is 401 g/mol. The highest BCUT2D eigenvalue weighted by Crippen LogP contribution is 2.24. The Morgan fingerprint density at radius 3 is 2.70 bits per heavy atom. The van der Waals surface area contributed by atoms with Crippen molar-refractivity contribution in [3.05, 3.63) is 63.4 Å². The number of carbonyl (C=O) groups excluding carboxylic acids is 1. The molecule has 3 rings (SSSR count). The van der Waals surface area contributed by atoms with Gasteiger partial charge in [0.2, 0.25) is 11.0 Å². The number of benzene rings is 1. The Bertz CT molecular complexity index is 962. The van der Waals surface area contributed by atoms with Crippen molar-refractivity contribution in [3.8, 4) is 0 Å². The molecule has 27 heavy (non-hydrogen) atoms. The van der Waals surface area contributed by atoms with Gasteiger partial charge in [-0.1, -0.05) is 67.1 Å². The molecule has 0 atom stereocenters. The molecule has 0 fully saturated rings. The predicted octanol–water partition coefficient (Wildman–Crippen LogP) is 4.52. The molecule has 8 heteroatoms. The topological polar surface area (TPSA) is 72.7 Å². The van der Waals surface area contributed by atoms with Crippen LogP contribution in [0.5, 0.6) is 0 Å². The summed E-state index contributed by atoms with van der Waals surface area (Å²) in [6, 6.07) is 9.95. The smallest absolute Gasteiger partial charge is 0.250 e.